The number of thioether (sulfide) groups is 1. The maximum atomic E-state index is 11.7. The Balaban J connectivity index is 2.19. The third kappa shape index (κ3) is 4.17. The highest BCUT2D eigenvalue weighted by Crippen LogP contribution is 2.26. The average molecular weight is 338 g/mol. The van der Waals surface area contributed by atoms with Crippen LogP contribution in [0.3, 0.4) is 0 Å². The van der Waals surface area contributed by atoms with Crippen molar-refractivity contribution in [2.75, 3.05) is 26.0 Å². The van der Waals surface area contributed by atoms with Gasteiger partial charge in [0.25, 0.3) is 0 Å². The summed E-state index contributed by atoms with van der Waals surface area (Å²) in [6.45, 7) is 1.45. The van der Waals surface area contributed by atoms with Crippen molar-refractivity contribution in [1.29, 1.82) is 0 Å². The van der Waals surface area contributed by atoms with E-state index in [1.165, 1.54) is 11.8 Å². The van der Waals surface area contributed by atoms with Crippen molar-refractivity contribution in [2.45, 2.75) is 11.7 Å². The predicted molar refractivity (Wildman–Crippen MR) is 89.2 cm³/mol. The number of benzene rings is 1. The monoisotopic (exact) mass is 337 g/mol. The lowest BCUT2D eigenvalue weighted by atomic mass is 10.3. The molecule has 0 aliphatic carbocycles. The molecule has 7 heteroatoms. The summed E-state index contributed by atoms with van der Waals surface area (Å²) in [4.78, 5) is 16.2. The van der Waals surface area contributed by atoms with E-state index >= 15 is 0 Å². The topological polar surface area (TPSA) is 56.2 Å². The summed E-state index contributed by atoms with van der Waals surface area (Å²) in [5.74, 6) is 2.51. The molecule has 1 aromatic heterocycles. The molecular formula is C15H16ClN3O2S. The molecule has 1 N–H and O–H groups in total. The number of aromatic nitrogens is 2. The first-order valence-corrected chi connectivity index (χ1v) is 7.99. The SMILES string of the molecule is C#CCNC(=O)CSc1nc2cc(Cl)ccc2n1CCOC. The van der Waals surface area contributed by atoms with Gasteiger partial charge in [-0.15, -0.1) is 6.42 Å². The first kappa shape index (κ1) is 16.7. The molecule has 116 valence electrons. The fourth-order valence-corrected chi connectivity index (χ4v) is 2.96. The van der Waals surface area contributed by atoms with Crippen LogP contribution < -0.4 is 5.32 Å². The third-order valence-electron chi connectivity index (χ3n) is 2.91. The molecule has 0 saturated heterocycles. The molecule has 1 aromatic carbocycles. The van der Waals surface area contributed by atoms with Crippen molar-refractivity contribution >= 4 is 40.3 Å². The van der Waals surface area contributed by atoms with Gasteiger partial charge in [0, 0.05) is 18.7 Å². The van der Waals surface area contributed by atoms with Gasteiger partial charge in [0.15, 0.2) is 5.16 Å². The average Bonchev–Trinajstić information content (AvgIpc) is 2.85. The number of hydrogen-bond acceptors (Lipinski definition) is 4. The van der Waals surface area contributed by atoms with E-state index in [9.17, 15) is 4.79 Å². The zero-order valence-corrected chi connectivity index (χ0v) is 13.7. The van der Waals surface area contributed by atoms with Crippen LogP contribution in [-0.2, 0) is 16.1 Å². The number of hydrogen-bond donors (Lipinski definition) is 1. The lowest BCUT2D eigenvalue weighted by molar-refractivity contribution is -0.118. The van der Waals surface area contributed by atoms with Gasteiger partial charge in [-0.3, -0.25) is 4.79 Å². The molecule has 0 saturated carbocycles. The highest BCUT2D eigenvalue weighted by molar-refractivity contribution is 7.99. The second kappa shape index (κ2) is 8.08. The van der Waals surface area contributed by atoms with Crippen LogP contribution in [0.25, 0.3) is 11.0 Å². The number of amides is 1. The Morgan fingerprint density at radius 1 is 1.59 bits per heavy atom. The third-order valence-corrected chi connectivity index (χ3v) is 4.13. The quantitative estimate of drug-likeness (QED) is 0.621. The Morgan fingerprint density at radius 2 is 2.41 bits per heavy atom. The van der Waals surface area contributed by atoms with E-state index in [4.69, 9.17) is 22.8 Å². The maximum Gasteiger partial charge on any atom is 0.231 e. The number of nitrogens with one attached hydrogen (secondary N) is 1. The normalized spacial score (nSPS) is 10.6. The smallest absolute Gasteiger partial charge is 0.231 e. The fourth-order valence-electron chi connectivity index (χ4n) is 1.92. The van der Waals surface area contributed by atoms with Crippen molar-refractivity contribution < 1.29 is 9.53 Å². The molecule has 0 spiro atoms. The van der Waals surface area contributed by atoms with Crippen molar-refractivity contribution in [1.82, 2.24) is 14.9 Å². The van der Waals surface area contributed by atoms with Gasteiger partial charge >= 0.3 is 0 Å². The lowest BCUT2D eigenvalue weighted by Crippen LogP contribution is -2.25. The molecule has 0 aliphatic rings. The number of ether oxygens (including phenoxy) is 1. The molecule has 2 rings (SSSR count). The second-order valence-electron chi connectivity index (χ2n) is 4.44. The molecule has 5 nitrogen and oxygen atoms in total. The minimum atomic E-state index is -0.119. The van der Waals surface area contributed by atoms with Crippen LogP contribution in [-0.4, -0.2) is 41.5 Å². The van der Waals surface area contributed by atoms with Crippen LogP contribution in [0.1, 0.15) is 0 Å². The number of fused-ring (bicyclic) bond motifs is 1. The standard InChI is InChI=1S/C15H16ClN3O2S/c1-3-6-17-14(20)10-22-15-18-12-9-11(16)4-5-13(12)19(15)7-8-21-2/h1,4-5,9H,6-8,10H2,2H3,(H,17,20). The number of carbonyl (C=O) groups is 1. The Bertz CT molecular complexity index is 709. The van der Waals surface area contributed by atoms with Crippen LogP contribution in [0.4, 0.5) is 0 Å². The second-order valence-corrected chi connectivity index (χ2v) is 5.82. The molecule has 0 bridgehead atoms. The molecule has 22 heavy (non-hydrogen) atoms. The minimum Gasteiger partial charge on any atom is -0.383 e. The van der Waals surface area contributed by atoms with Crippen LogP contribution in [0.2, 0.25) is 5.02 Å². The highest BCUT2D eigenvalue weighted by atomic mass is 35.5. The summed E-state index contributed by atoms with van der Waals surface area (Å²) in [5, 5.41) is 4.02. The van der Waals surface area contributed by atoms with Gasteiger partial charge in [-0.2, -0.15) is 0 Å². The zero-order chi connectivity index (χ0) is 15.9. The summed E-state index contributed by atoms with van der Waals surface area (Å²) < 4.78 is 7.16. The van der Waals surface area contributed by atoms with Crippen molar-refractivity contribution in [2.24, 2.45) is 0 Å². The van der Waals surface area contributed by atoms with Crippen LogP contribution in [0.5, 0.6) is 0 Å². The molecule has 1 amide bonds. The lowest BCUT2D eigenvalue weighted by Gasteiger charge is -2.08. The van der Waals surface area contributed by atoms with E-state index in [0.717, 1.165) is 16.2 Å². The van der Waals surface area contributed by atoms with Gasteiger partial charge in [-0.1, -0.05) is 29.3 Å². The van der Waals surface area contributed by atoms with E-state index in [0.29, 0.717) is 18.2 Å². The highest BCUT2D eigenvalue weighted by Gasteiger charge is 2.13. The summed E-state index contributed by atoms with van der Waals surface area (Å²) in [5.41, 5.74) is 1.77. The zero-order valence-electron chi connectivity index (χ0n) is 12.1. The molecule has 0 radical (unpaired) electrons. The Hall–Kier alpha value is -1.68. The fraction of sp³-hybridized carbons (Fsp3) is 0.333. The van der Waals surface area contributed by atoms with Crippen LogP contribution in [0, 0.1) is 12.3 Å². The van der Waals surface area contributed by atoms with Gasteiger partial charge in [-0.05, 0) is 18.2 Å². The molecule has 2 aromatic rings. The number of carbonyl (C=O) groups excluding carboxylic acids is 1. The van der Waals surface area contributed by atoms with Crippen molar-refractivity contribution in [3.8, 4) is 12.3 Å². The van der Waals surface area contributed by atoms with Gasteiger partial charge in [0.05, 0.1) is 29.9 Å². The molecule has 0 unspecified atom stereocenters. The number of imidazole rings is 1. The van der Waals surface area contributed by atoms with E-state index in [1.54, 1.807) is 7.11 Å². The number of methoxy groups -OCH3 is 1. The Kier molecular flexibility index (Phi) is 6.13. The largest absolute Gasteiger partial charge is 0.383 e. The molecule has 1 heterocycles. The van der Waals surface area contributed by atoms with E-state index in [-0.39, 0.29) is 18.2 Å². The van der Waals surface area contributed by atoms with Crippen molar-refractivity contribution in [3.63, 3.8) is 0 Å². The molecular weight excluding hydrogens is 322 g/mol. The summed E-state index contributed by atoms with van der Waals surface area (Å²) in [6.07, 6.45) is 5.11. The number of nitrogens with zero attached hydrogens (tertiary/aromatic N) is 2. The Morgan fingerprint density at radius 3 is 3.14 bits per heavy atom. The Labute approximate surface area is 138 Å². The molecule has 0 aliphatic heterocycles. The van der Waals surface area contributed by atoms with Gasteiger partial charge in [0.2, 0.25) is 5.91 Å². The van der Waals surface area contributed by atoms with Crippen molar-refractivity contribution in [3.05, 3.63) is 23.2 Å². The van der Waals surface area contributed by atoms with E-state index in [2.05, 4.69) is 16.2 Å². The summed E-state index contributed by atoms with van der Waals surface area (Å²) in [7, 11) is 1.65. The number of rotatable bonds is 7. The summed E-state index contributed by atoms with van der Waals surface area (Å²) in [6, 6.07) is 5.55. The van der Waals surface area contributed by atoms with E-state index < -0.39 is 0 Å². The summed E-state index contributed by atoms with van der Waals surface area (Å²) >= 11 is 7.37. The maximum absolute atomic E-state index is 11.7. The predicted octanol–water partition coefficient (Wildman–Crippen LogP) is 2.18. The van der Waals surface area contributed by atoms with Crippen LogP contribution in [0.15, 0.2) is 23.4 Å². The van der Waals surface area contributed by atoms with Crippen LogP contribution >= 0.6 is 23.4 Å². The van der Waals surface area contributed by atoms with Gasteiger partial charge < -0.3 is 14.6 Å². The molecule has 0 atom stereocenters. The molecule has 0 fully saturated rings. The first-order chi connectivity index (χ1) is 10.7. The minimum absolute atomic E-state index is 0.119. The number of terminal acetylenes is 1. The van der Waals surface area contributed by atoms with E-state index in [1.807, 2.05) is 22.8 Å². The first-order valence-electron chi connectivity index (χ1n) is 6.63. The number of halogens is 1. The van der Waals surface area contributed by atoms with Gasteiger partial charge in [0.1, 0.15) is 0 Å². The van der Waals surface area contributed by atoms with Gasteiger partial charge in [-0.25, -0.2) is 4.98 Å².